The van der Waals surface area contributed by atoms with E-state index < -0.39 is 0 Å². The second kappa shape index (κ2) is 4.86. The molecule has 1 aromatic rings. The summed E-state index contributed by atoms with van der Waals surface area (Å²) in [5.41, 5.74) is 1.06. The minimum absolute atomic E-state index is 0.672. The van der Waals surface area contributed by atoms with Crippen LogP contribution in [0.5, 0.6) is 5.75 Å². The van der Waals surface area contributed by atoms with Crippen molar-refractivity contribution in [3.63, 3.8) is 0 Å². The summed E-state index contributed by atoms with van der Waals surface area (Å²) in [5.74, 6) is 0.870. The number of ether oxygens (including phenoxy) is 1. The lowest BCUT2D eigenvalue weighted by molar-refractivity contribution is 0.334. The Kier molecular flexibility index (Phi) is 3.49. The van der Waals surface area contributed by atoms with Crippen LogP contribution in [-0.2, 0) is 6.54 Å². The van der Waals surface area contributed by atoms with E-state index in [4.69, 9.17) is 16.3 Å². The molecule has 15 heavy (non-hydrogen) atoms. The van der Waals surface area contributed by atoms with Crippen LogP contribution in [0.1, 0.15) is 24.8 Å². The molecule has 0 unspecified atom stereocenters. The van der Waals surface area contributed by atoms with Gasteiger partial charge in [0.15, 0.2) is 0 Å². The van der Waals surface area contributed by atoms with Gasteiger partial charge in [0.1, 0.15) is 5.75 Å². The molecule has 1 aliphatic carbocycles. The highest BCUT2D eigenvalue weighted by Crippen LogP contribution is 2.27. The Hall–Kier alpha value is -0.730. The smallest absolute Gasteiger partial charge is 0.124 e. The number of halogens is 1. The summed E-state index contributed by atoms with van der Waals surface area (Å²) in [6, 6.07) is 6.44. The van der Waals surface area contributed by atoms with Gasteiger partial charge in [-0.15, -0.1) is 0 Å². The SMILES string of the molecule is COc1cccc(Cl)c1CNC1CCC1. The van der Waals surface area contributed by atoms with Crippen molar-refractivity contribution < 1.29 is 4.74 Å². The molecule has 2 nitrogen and oxygen atoms in total. The minimum Gasteiger partial charge on any atom is -0.496 e. The molecule has 0 aliphatic heterocycles. The standard InChI is InChI=1S/C12H16ClNO/c1-15-12-7-3-6-11(13)10(12)8-14-9-4-2-5-9/h3,6-7,9,14H,2,4-5,8H2,1H3. The lowest BCUT2D eigenvalue weighted by Crippen LogP contribution is -2.34. The maximum absolute atomic E-state index is 6.13. The summed E-state index contributed by atoms with van der Waals surface area (Å²) in [5, 5.41) is 4.27. The van der Waals surface area contributed by atoms with Gasteiger partial charge in [-0.3, -0.25) is 0 Å². The highest BCUT2D eigenvalue weighted by atomic mass is 35.5. The molecule has 1 saturated carbocycles. The van der Waals surface area contributed by atoms with Gasteiger partial charge in [0.2, 0.25) is 0 Å². The molecule has 1 aliphatic rings. The van der Waals surface area contributed by atoms with Gasteiger partial charge in [-0.25, -0.2) is 0 Å². The van der Waals surface area contributed by atoms with E-state index in [1.807, 2.05) is 18.2 Å². The van der Waals surface area contributed by atoms with E-state index >= 15 is 0 Å². The molecule has 2 rings (SSSR count). The zero-order valence-electron chi connectivity index (χ0n) is 8.92. The Morgan fingerprint density at radius 2 is 2.27 bits per heavy atom. The zero-order chi connectivity index (χ0) is 10.7. The molecule has 3 heteroatoms. The molecule has 0 heterocycles. The first-order valence-electron chi connectivity index (χ1n) is 5.36. The average Bonchev–Trinajstić information content (AvgIpc) is 2.17. The number of hydrogen-bond acceptors (Lipinski definition) is 2. The predicted octanol–water partition coefficient (Wildman–Crippen LogP) is 2.99. The second-order valence-corrected chi connectivity index (χ2v) is 4.34. The molecular formula is C12H16ClNO. The molecule has 0 atom stereocenters. The van der Waals surface area contributed by atoms with Gasteiger partial charge >= 0.3 is 0 Å². The summed E-state index contributed by atoms with van der Waals surface area (Å²) in [6.45, 7) is 0.799. The lowest BCUT2D eigenvalue weighted by Gasteiger charge is -2.27. The second-order valence-electron chi connectivity index (χ2n) is 3.93. The van der Waals surface area contributed by atoms with Crippen molar-refractivity contribution in [1.82, 2.24) is 5.32 Å². The third kappa shape index (κ3) is 2.44. The summed E-state index contributed by atoms with van der Waals surface area (Å²) < 4.78 is 5.29. The lowest BCUT2D eigenvalue weighted by atomic mass is 9.93. The number of nitrogens with one attached hydrogen (secondary N) is 1. The number of benzene rings is 1. The Bertz CT molecular complexity index is 336. The first kappa shape index (κ1) is 10.8. The van der Waals surface area contributed by atoms with Crippen LogP contribution < -0.4 is 10.1 Å². The van der Waals surface area contributed by atoms with Crippen molar-refractivity contribution in [2.75, 3.05) is 7.11 Å². The highest BCUT2D eigenvalue weighted by Gasteiger charge is 2.17. The Morgan fingerprint density at radius 3 is 2.87 bits per heavy atom. The van der Waals surface area contributed by atoms with Gasteiger partial charge in [0, 0.05) is 23.2 Å². The summed E-state index contributed by atoms with van der Waals surface area (Å²) in [6.07, 6.45) is 3.91. The molecule has 1 N–H and O–H groups in total. The molecule has 0 bridgehead atoms. The van der Waals surface area contributed by atoms with Crippen molar-refractivity contribution in [2.45, 2.75) is 31.8 Å². The van der Waals surface area contributed by atoms with Gasteiger partial charge in [0.05, 0.1) is 7.11 Å². The third-order valence-corrected chi connectivity index (χ3v) is 3.32. The topological polar surface area (TPSA) is 21.3 Å². The molecule has 1 aromatic carbocycles. The Balaban J connectivity index is 2.04. The molecule has 0 amide bonds. The fourth-order valence-electron chi connectivity index (χ4n) is 1.76. The molecule has 1 fully saturated rings. The van der Waals surface area contributed by atoms with Crippen LogP contribution in [0.4, 0.5) is 0 Å². The number of hydrogen-bond donors (Lipinski definition) is 1. The quantitative estimate of drug-likeness (QED) is 0.851. The fraction of sp³-hybridized carbons (Fsp3) is 0.500. The molecule has 0 spiro atoms. The van der Waals surface area contributed by atoms with Crippen LogP contribution in [0.15, 0.2) is 18.2 Å². The van der Waals surface area contributed by atoms with Gasteiger partial charge in [-0.1, -0.05) is 24.1 Å². The third-order valence-electron chi connectivity index (χ3n) is 2.97. The van der Waals surface area contributed by atoms with Crippen molar-refractivity contribution in [3.05, 3.63) is 28.8 Å². The van der Waals surface area contributed by atoms with Crippen molar-refractivity contribution >= 4 is 11.6 Å². The summed E-state index contributed by atoms with van der Waals surface area (Å²) in [4.78, 5) is 0. The van der Waals surface area contributed by atoms with E-state index in [-0.39, 0.29) is 0 Å². The van der Waals surface area contributed by atoms with Crippen LogP contribution in [0.3, 0.4) is 0 Å². The van der Waals surface area contributed by atoms with Crippen LogP contribution >= 0.6 is 11.6 Å². The maximum atomic E-state index is 6.13. The predicted molar refractivity (Wildman–Crippen MR) is 62.5 cm³/mol. The number of rotatable bonds is 4. The normalized spacial score (nSPS) is 16.1. The highest BCUT2D eigenvalue weighted by molar-refractivity contribution is 6.31. The van der Waals surface area contributed by atoms with E-state index in [0.29, 0.717) is 6.04 Å². The maximum Gasteiger partial charge on any atom is 0.124 e. The fourth-order valence-corrected chi connectivity index (χ4v) is 1.99. The minimum atomic E-state index is 0.672. The Morgan fingerprint density at radius 1 is 1.47 bits per heavy atom. The van der Waals surface area contributed by atoms with E-state index in [1.165, 1.54) is 19.3 Å². The van der Waals surface area contributed by atoms with Crippen LogP contribution in [0.2, 0.25) is 5.02 Å². The first-order valence-corrected chi connectivity index (χ1v) is 5.74. The Labute approximate surface area is 95.6 Å². The van der Waals surface area contributed by atoms with Crippen molar-refractivity contribution in [1.29, 1.82) is 0 Å². The van der Waals surface area contributed by atoms with Crippen LogP contribution in [-0.4, -0.2) is 13.2 Å². The van der Waals surface area contributed by atoms with Crippen molar-refractivity contribution in [2.24, 2.45) is 0 Å². The van der Waals surface area contributed by atoms with E-state index in [0.717, 1.165) is 22.9 Å². The summed E-state index contributed by atoms with van der Waals surface area (Å²) in [7, 11) is 1.68. The molecule has 0 radical (unpaired) electrons. The van der Waals surface area contributed by atoms with Gasteiger partial charge < -0.3 is 10.1 Å². The van der Waals surface area contributed by atoms with Gasteiger partial charge in [0.25, 0.3) is 0 Å². The van der Waals surface area contributed by atoms with Crippen molar-refractivity contribution in [3.8, 4) is 5.75 Å². The molecule has 82 valence electrons. The average molecular weight is 226 g/mol. The number of methoxy groups -OCH3 is 1. The first-order chi connectivity index (χ1) is 7.31. The largest absolute Gasteiger partial charge is 0.496 e. The van der Waals surface area contributed by atoms with Crippen LogP contribution in [0, 0.1) is 0 Å². The van der Waals surface area contributed by atoms with E-state index in [1.54, 1.807) is 7.11 Å². The van der Waals surface area contributed by atoms with E-state index in [2.05, 4.69) is 5.32 Å². The zero-order valence-corrected chi connectivity index (χ0v) is 9.68. The molecular weight excluding hydrogens is 210 g/mol. The van der Waals surface area contributed by atoms with E-state index in [9.17, 15) is 0 Å². The van der Waals surface area contributed by atoms with Crippen LogP contribution in [0.25, 0.3) is 0 Å². The van der Waals surface area contributed by atoms with Gasteiger partial charge in [-0.05, 0) is 25.0 Å². The molecule has 0 saturated heterocycles. The van der Waals surface area contributed by atoms with Gasteiger partial charge in [-0.2, -0.15) is 0 Å². The summed E-state index contributed by atoms with van der Waals surface area (Å²) >= 11 is 6.13. The monoisotopic (exact) mass is 225 g/mol. The molecule has 0 aromatic heterocycles.